The van der Waals surface area contributed by atoms with Gasteiger partial charge in [0.1, 0.15) is 5.75 Å². The second-order valence-electron chi connectivity index (χ2n) is 5.63. The molecule has 3 rings (SSSR count). The molecule has 0 unspecified atom stereocenters. The fraction of sp³-hybridized carbons (Fsp3) is 0.227. The molecule has 0 radical (unpaired) electrons. The maximum Gasteiger partial charge on any atom is 0.343 e. The number of ketones is 1. The van der Waals surface area contributed by atoms with Crippen LogP contribution in [0.1, 0.15) is 40.9 Å². The van der Waals surface area contributed by atoms with Crippen LogP contribution >= 0.6 is 0 Å². The molecule has 150 valence electrons. The minimum atomic E-state index is -3.08. The molecule has 1 aromatic heterocycles. The summed E-state index contributed by atoms with van der Waals surface area (Å²) < 4.78 is 85.6. The first-order valence-corrected chi connectivity index (χ1v) is 8.27. The molecule has 0 aliphatic rings. The number of aromatic nitrogens is 1. The highest BCUT2D eigenvalue weighted by molar-refractivity contribution is 6.45. The molecule has 29 heavy (non-hydrogen) atoms. The van der Waals surface area contributed by atoms with Crippen LogP contribution in [0.15, 0.2) is 48.4 Å². The standard InChI is InChI=1S/C22H22N2O5/c1-3-15-20(21(26)22(23)27)19-16(24(15)12-14-8-5-4-6-9-14)10-7-11-17(19)29-13-18(25)28-2/h4-11H,3,12-13H2,1-2H3,(H2,23,27)/i3D2,4D,5D,6D,8D,9D,12D2. The van der Waals surface area contributed by atoms with Crippen LogP contribution in [0.3, 0.4) is 0 Å². The number of nitrogens with two attached hydrogens (primary N) is 1. The highest BCUT2D eigenvalue weighted by atomic mass is 16.6. The number of primary amides is 1. The third kappa shape index (κ3) is 3.99. The van der Waals surface area contributed by atoms with Crippen molar-refractivity contribution in [2.75, 3.05) is 13.7 Å². The van der Waals surface area contributed by atoms with Crippen LogP contribution in [-0.4, -0.2) is 35.9 Å². The lowest BCUT2D eigenvalue weighted by molar-refractivity contribution is -0.142. The molecule has 0 fully saturated rings. The summed E-state index contributed by atoms with van der Waals surface area (Å²) in [5.41, 5.74) is 2.78. The number of hydrogen-bond acceptors (Lipinski definition) is 5. The zero-order valence-corrected chi connectivity index (χ0v) is 15.5. The van der Waals surface area contributed by atoms with Gasteiger partial charge >= 0.3 is 5.97 Å². The third-order valence-corrected chi connectivity index (χ3v) is 3.94. The van der Waals surface area contributed by atoms with Crippen LogP contribution in [0.5, 0.6) is 5.75 Å². The quantitative estimate of drug-likeness (QED) is 0.354. The first kappa shape index (κ1) is 11.4. The molecule has 7 nitrogen and oxygen atoms in total. The molecule has 3 aromatic rings. The van der Waals surface area contributed by atoms with Crippen LogP contribution in [0.2, 0.25) is 0 Å². The molecule has 7 heteroatoms. The molecule has 1 amide bonds. The van der Waals surface area contributed by atoms with E-state index < -0.39 is 84.2 Å². The number of Topliss-reactive ketones (excluding diaryl/α,β-unsaturated/α-hetero) is 1. The van der Waals surface area contributed by atoms with Crippen LogP contribution in [-0.2, 0) is 27.2 Å². The molecule has 0 aliphatic heterocycles. The Morgan fingerprint density at radius 1 is 1.21 bits per heavy atom. The normalized spacial score (nSPS) is 16.1. The molecule has 0 atom stereocenters. The smallest absolute Gasteiger partial charge is 0.343 e. The first-order valence-electron chi connectivity index (χ1n) is 12.8. The highest BCUT2D eigenvalue weighted by Crippen LogP contribution is 2.35. The molecule has 0 aliphatic carbocycles. The largest absolute Gasteiger partial charge is 0.481 e. The number of carbonyl (C=O) groups is 3. The van der Waals surface area contributed by atoms with Crippen molar-refractivity contribution in [1.29, 1.82) is 0 Å². The SMILES string of the molecule is [2H]c1c([2H])c([2H])c(C([2H])([2H])n2c(C([2H])([2H])C)c(C(=O)C(N)=O)c3c(OCC(=O)OC)cccc32)c([2H])c1[2H]. The van der Waals surface area contributed by atoms with Gasteiger partial charge in [-0.2, -0.15) is 0 Å². The predicted molar refractivity (Wildman–Crippen MR) is 108 cm³/mol. The Bertz CT molecular complexity index is 1470. The van der Waals surface area contributed by atoms with E-state index in [0.29, 0.717) is 4.57 Å². The number of benzene rings is 2. The lowest BCUT2D eigenvalue weighted by Gasteiger charge is -2.11. The van der Waals surface area contributed by atoms with Gasteiger partial charge in [-0.3, -0.25) is 9.59 Å². The van der Waals surface area contributed by atoms with Gasteiger partial charge in [0, 0.05) is 14.9 Å². The Labute approximate surface area is 180 Å². The lowest BCUT2D eigenvalue weighted by Crippen LogP contribution is -2.24. The summed E-state index contributed by atoms with van der Waals surface area (Å²) in [5.74, 6) is -3.94. The minimum Gasteiger partial charge on any atom is -0.481 e. The topological polar surface area (TPSA) is 101 Å². The van der Waals surface area contributed by atoms with Crippen molar-refractivity contribution in [3.05, 3.63) is 65.2 Å². The van der Waals surface area contributed by atoms with Crippen LogP contribution < -0.4 is 10.5 Å². The molecule has 0 saturated heterocycles. The fourth-order valence-corrected chi connectivity index (χ4v) is 2.74. The summed E-state index contributed by atoms with van der Waals surface area (Å²) in [6, 6.07) is -0.375. The first-order chi connectivity index (χ1) is 17.5. The number of fused-ring (bicyclic) bond motifs is 1. The van der Waals surface area contributed by atoms with Crippen molar-refractivity contribution in [2.45, 2.75) is 19.8 Å². The van der Waals surface area contributed by atoms with Gasteiger partial charge in [-0.25, -0.2) is 4.79 Å². The monoisotopic (exact) mass is 403 g/mol. The van der Waals surface area contributed by atoms with Crippen molar-refractivity contribution in [1.82, 2.24) is 4.57 Å². The van der Waals surface area contributed by atoms with E-state index in [2.05, 4.69) is 4.74 Å². The molecule has 0 spiro atoms. The Balaban J connectivity index is 2.59. The van der Waals surface area contributed by atoms with Gasteiger partial charge in [0.2, 0.25) is 0 Å². The van der Waals surface area contributed by atoms with Crippen LogP contribution in [0.4, 0.5) is 0 Å². The number of rotatable bonds is 8. The van der Waals surface area contributed by atoms with Crippen LogP contribution in [0, 0.1) is 0 Å². The molecule has 0 saturated carbocycles. The summed E-state index contributed by atoms with van der Waals surface area (Å²) in [4.78, 5) is 36.7. The number of ether oxygens (including phenoxy) is 2. The summed E-state index contributed by atoms with van der Waals surface area (Å²) in [5, 5.41) is -0.280. The summed E-state index contributed by atoms with van der Waals surface area (Å²) in [7, 11) is 1.10. The van der Waals surface area contributed by atoms with Crippen molar-refractivity contribution in [3.63, 3.8) is 0 Å². The van der Waals surface area contributed by atoms with Gasteiger partial charge in [-0.05, 0) is 24.1 Å². The maximum absolute atomic E-state index is 13.1. The molecule has 2 N–H and O–H groups in total. The molecule has 0 bridgehead atoms. The number of nitrogens with zero attached hydrogens (tertiary/aromatic N) is 1. The van der Waals surface area contributed by atoms with Crippen molar-refractivity contribution < 1.29 is 36.2 Å². The van der Waals surface area contributed by atoms with Gasteiger partial charge in [0.05, 0.1) is 33.2 Å². The molecular formula is C22H22N2O5. The van der Waals surface area contributed by atoms with Gasteiger partial charge in [-0.15, -0.1) is 0 Å². The second kappa shape index (κ2) is 8.60. The van der Waals surface area contributed by atoms with Crippen molar-refractivity contribution in [2.24, 2.45) is 5.73 Å². The van der Waals surface area contributed by atoms with Gasteiger partial charge in [0.25, 0.3) is 11.7 Å². The summed E-state index contributed by atoms with van der Waals surface area (Å²) >= 11 is 0. The molecule has 2 aromatic carbocycles. The number of methoxy groups -OCH3 is 1. The zero-order valence-electron chi connectivity index (χ0n) is 24.5. The van der Waals surface area contributed by atoms with E-state index in [-0.39, 0.29) is 16.7 Å². The minimum absolute atomic E-state index is 0.224. The highest BCUT2D eigenvalue weighted by Gasteiger charge is 2.27. The van der Waals surface area contributed by atoms with E-state index in [1.54, 1.807) is 0 Å². The second-order valence-corrected chi connectivity index (χ2v) is 5.63. The van der Waals surface area contributed by atoms with Crippen molar-refractivity contribution >= 4 is 28.6 Å². The maximum atomic E-state index is 13.1. The lowest BCUT2D eigenvalue weighted by atomic mass is 10.0. The Morgan fingerprint density at radius 2 is 1.93 bits per heavy atom. The number of hydrogen-bond donors (Lipinski definition) is 1. The van der Waals surface area contributed by atoms with E-state index in [1.807, 2.05) is 0 Å². The third-order valence-electron chi connectivity index (χ3n) is 3.94. The van der Waals surface area contributed by atoms with E-state index in [1.165, 1.54) is 18.2 Å². The fourth-order valence-electron chi connectivity index (χ4n) is 2.74. The van der Waals surface area contributed by atoms with E-state index in [4.69, 9.17) is 22.8 Å². The van der Waals surface area contributed by atoms with Gasteiger partial charge in [0.15, 0.2) is 6.61 Å². The summed E-state index contributed by atoms with van der Waals surface area (Å²) in [6.45, 7) is -2.76. The average molecular weight is 403 g/mol. The van der Waals surface area contributed by atoms with Crippen molar-refractivity contribution in [3.8, 4) is 5.75 Å². The predicted octanol–water partition coefficient (Wildman–Crippen LogP) is 2.47. The molecular weight excluding hydrogens is 372 g/mol. The Hall–Kier alpha value is -3.61. The Morgan fingerprint density at radius 3 is 2.55 bits per heavy atom. The van der Waals surface area contributed by atoms with E-state index >= 15 is 0 Å². The average Bonchev–Trinajstić information content (AvgIpc) is 3.21. The number of carbonyl (C=O) groups excluding carboxylic acids is 3. The van der Waals surface area contributed by atoms with Gasteiger partial charge < -0.3 is 19.8 Å². The zero-order chi connectivity index (χ0) is 28.9. The Kier molecular flexibility index (Phi) is 3.38. The van der Waals surface area contributed by atoms with Gasteiger partial charge in [-0.1, -0.05) is 43.2 Å². The summed E-state index contributed by atoms with van der Waals surface area (Å²) in [6.07, 6.45) is -2.56. The van der Waals surface area contributed by atoms with E-state index in [0.717, 1.165) is 14.0 Å². The molecule has 1 heterocycles. The number of amides is 1. The number of esters is 1. The van der Waals surface area contributed by atoms with E-state index in [9.17, 15) is 14.4 Å². The van der Waals surface area contributed by atoms with Crippen LogP contribution in [0.25, 0.3) is 10.9 Å².